The van der Waals surface area contributed by atoms with Crippen molar-refractivity contribution < 1.29 is 26.3 Å². The highest BCUT2D eigenvalue weighted by Crippen LogP contribution is 2.44. The van der Waals surface area contributed by atoms with E-state index in [1.165, 1.54) is 48.5 Å². The maximum Gasteiger partial charge on any atom is 0.418 e. The van der Waals surface area contributed by atoms with Crippen molar-refractivity contribution in [2.45, 2.75) is 31.6 Å². The summed E-state index contributed by atoms with van der Waals surface area (Å²) in [6, 6.07) is 17.8. The second-order valence-corrected chi connectivity index (χ2v) is 9.68. The monoisotopic (exact) mass is 586 g/mol. The van der Waals surface area contributed by atoms with E-state index < -0.39 is 51.3 Å². The van der Waals surface area contributed by atoms with Crippen molar-refractivity contribution in [2.75, 3.05) is 0 Å². The lowest BCUT2D eigenvalue weighted by atomic mass is 9.84. The summed E-state index contributed by atoms with van der Waals surface area (Å²) in [5.41, 5.74) is -6.39. The first kappa shape index (κ1) is 30.2. The van der Waals surface area contributed by atoms with Gasteiger partial charge in [0.15, 0.2) is 0 Å². The maximum atomic E-state index is 13.8. The zero-order valence-electron chi connectivity index (χ0n) is 22.2. The summed E-state index contributed by atoms with van der Waals surface area (Å²) in [7, 11) is 0. The average Bonchev–Trinajstić information content (AvgIpc) is 2.98. The molecule has 4 aromatic rings. The van der Waals surface area contributed by atoms with E-state index in [2.05, 4.69) is 14.8 Å². The minimum Gasteiger partial charge on any atom is -0.253 e. The third kappa shape index (κ3) is 5.47. The first-order valence-corrected chi connectivity index (χ1v) is 12.2. The van der Waals surface area contributed by atoms with Gasteiger partial charge in [0.2, 0.25) is 5.69 Å². The fraction of sp³-hybridized carbons (Fsp3) is 0.161. The number of aromatic nitrogens is 2. The Labute approximate surface area is 241 Å². The molecule has 2 aromatic heterocycles. The van der Waals surface area contributed by atoms with Crippen molar-refractivity contribution in [3.63, 3.8) is 0 Å². The predicted molar refractivity (Wildman–Crippen MR) is 142 cm³/mol. The molecule has 0 aliphatic carbocycles. The molecule has 0 atom stereocenters. The van der Waals surface area contributed by atoms with Crippen LogP contribution in [0, 0.1) is 40.6 Å². The fourth-order valence-electron chi connectivity index (χ4n) is 4.61. The van der Waals surface area contributed by atoms with Crippen molar-refractivity contribution in [3.8, 4) is 40.7 Å². The van der Waals surface area contributed by atoms with Crippen LogP contribution in [0.1, 0.15) is 53.1 Å². The molecule has 0 saturated heterocycles. The molecular formula is C31H16F6N6. The number of nitriles is 3. The van der Waals surface area contributed by atoms with Crippen molar-refractivity contribution in [2.24, 2.45) is 0 Å². The molecule has 12 heteroatoms. The van der Waals surface area contributed by atoms with Gasteiger partial charge in [-0.05, 0) is 50.2 Å². The lowest BCUT2D eigenvalue weighted by Gasteiger charge is -2.25. The highest BCUT2D eigenvalue weighted by atomic mass is 19.4. The number of alkyl halides is 6. The van der Waals surface area contributed by atoms with Crippen LogP contribution in [0.25, 0.3) is 27.4 Å². The molecule has 0 amide bonds. The van der Waals surface area contributed by atoms with Gasteiger partial charge in [0, 0.05) is 16.5 Å². The van der Waals surface area contributed by atoms with Crippen molar-refractivity contribution in [1.29, 1.82) is 15.8 Å². The zero-order valence-corrected chi connectivity index (χ0v) is 22.2. The lowest BCUT2D eigenvalue weighted by molar-refractivity contribution is -0.138. The number of rotatable bonds is 4. The van der Waals surface area contributed by atoms with Gasteiger partial charge in [-0.2, -0.15) is 42.1 Å². The Bertz CT molecular complexity index is 1790. The number of nitrogens with zero attached hydrogens (tertiary/aromatic N) is 6. The van der Waals surface area contributed by atoms with Gasteiger partial charge in [-0.25, -0.2) is 4.85 Å². The third-order valence-corrected chi connectivity index (χ3v) is 6.75. The molecule has 0 fully saturated rings. The summed E-state index contributed by atoms with van der Waals surface area (Å²) < 4.78 is 82.9. The van der Waals surface area contributed by atoms with Crippen LogP contribution in [-0.4, -0.2) is 9.97 Å². The molecule has 0 saturated carbocycles. The molecule has 0 N–H and O–H groups in total. The molecular weight excluding hydrogens is 570 g/mol. The predicted octanol–water partition coefficient (Wildman–Crippen LogP) is 8.34. The first-order valence-electron chi connectivity index (χ1n) is 12.2. The molecule has 0 spiro atoms. The molecule has 2 aromatic carbocycles. The maximum absolute atomic E-state index is 13.8. The quantitative estimate of drug-likeness (QED) is 0.177. The molecule has 0 bridgehead atoms. The van der Waals surface area contributed by atoms with Crippen LogP contribution in [0.15, 0.2) is 60.7 Å². The zero-order chi connectivity index (χ0) is 31.7. The Morgan fingerprint density at radius 2 is 1.12 bits per heavy atom. The Kier molecular flexibility index (Phi) is 7.69. The number of pyridine rings is 2. The van der Waals surface area contributed by atoms with Gasteiger partial charge in [-0.1, -0.05) is 24.3 Å². The van der Waals surface area contributed by atoms with Gasteiger partial charge in [-0.15, -0.1) is 0 Å². The topological polar surface area (TPSA) is 102 Å². The summed E-state index contributed by atoms with van der Waals surface area (Å²) in [5, 5.41) is 28.0. The number of hydrogen-bond donors (Lipinski definition) is 0. The second kappa shape index (κ2) is 10.9. The van der Waals surface area contributed by atoms with E-state index in [1.54, 1.807) is 32.0 Å². The van der Waals surface area contributed by atoms with Crippen LogP contribution < -0.4 is 0 Å². The van der Waals surface area contributed by atoms with E-state index >= 15 is 0 Å². The highest BCUT2D eigenvalue weighted by molar-refractivity contribution is 5.81. The minimum atomic E-state index is -4.98. The van der Waals surface area contributed by atoms with E-state index in [0.29, 0.717) is 11.4 Å². The van der Waals surface area contributed by atoms with Crippen LogP contribution in [0.3, 0.4) is 0 Å². The number of halogens is 6. The van der Waals surface area contributed by atoms with Crippen LogP contribution in [0.2, 0.25) is 0 Å². The SMILES string of the molecule is [C-]#[N+]c1c(-c2cccc(C(C)(C)c3cccc(-c4ccc(C#N)c(C(F)(F)F)c4C#N)n3)n2)ccc(C#N)c1C(F)(F)F. The van der Waals surface area contributed by atoms with Gasteiger partial charge >= 0.3 is 12.4 Å². The second-order valence-electron chi connectivity index (χ2n) is 9.68. The number of benzene rings is 2. The fourth-order valence-corrected chi connectivity index (χ4v) is 4.61. The van der Waals surface area contributed by atoms with Gasteiger partial charge in [0.25, 0.3) is 0 Å². The number of hydrogen-bond acceptors (Lipinski definition) is 5. The summed E-state index contributed by atoms with van der Waals surface area (Å²) >= 11 is 0. The molecule has 212 valence electrons. The Morgan fingerprint density at radius 1 is 0.651 bits per heavy atom. The highest BCUT2D eigenvalue weighted by Gasteiger charge is 2.39. The molecule has 2 heterocycles. The summed E-state index contributed by atoms with van der Waals surface area (Å²) in [5.74, 6) is 0. The van der Waals surface area contributed by atoms with Crippen molar-refractivity contribution >= 4 is 5.69 Å². The van der Waals surface area contributed by atoms with Crippen LogP contribution in [0.5, 0.6) is 0 Å². The summed E-state index contributed by atoms with van der Waals surface area (Å²) in [6.07, 6.45) is -9.95. The van der Waals surface area contributed by atoms with Crippen LogP contribution >= 0.6 is 0 Å². The molecule has 6 nitrogen and oxygen atoms in total. The van der Waals surface area contributed by atoms with Gasteiger partial charge in [0.1, 0.15) is 6.07 Å². The smallest absolute Gasteiger partial charge is 0.253 e. The van der Waals surface area contributed by atoms with E-state index in [-0.39, 0.29) is 22.5 Å². The van der Waals surface area contributed by atoms with E-state index in [4.69, 9.17) is 6.57 Å². The summed E-state index contributed by atoms with van der Waals surface area (Å²) in [6.45, 7) is 10.8. The van der Waals surface area contributed by atoms with E-state index in [1.807, 2.05) is 0 Å². The molecule has 4 rings (SSSR count). The standard InChI is InChI=1S/C31H16F6N6/c1-29(2,24-8-4-6-22(42-24)19-12-10-17(14-38)26(21(19)16-40)30(32,33)34)25-9-5-7-23(43-25)20-13-11-18(15-39)27(28(20)41-3)31(35,36)37/h4-13H,1-2H3. The van der Waals surface area contributed by atoms with E-state index in [9.17, 15) is 42.1 Å². The van der Waals surface area contributed by atoms with Crippen molar-refractivity contribution in [1.82, 2.24) is 9.97 Å². The van der Waals surface area contributed by atoms with Crippen LogP contribution in [0.4, 0.5) is 32.0 Å². The van der Waals surface area contributed by atoms with Gasteiger partial charge < -0.3 is 0 Å². The first-order chi connectivity index (χ1) is 20.2. The Balaban J connectivity index is 1.86. The minimum absolute atomic E-state index is 0.0190. The van der Waals surface area contributed by atoms with Gasteiger partial charge in [-0.3, -0.25) is 9.97 Å². The van der Waals surface area contributed by atoms with Crippen LogP contribution in [-0.2, 0) is 17.8 Å². The van der Waals surface area contributed by atoms with Crippen molar-refractivity contribution in [3.05, 3.63) is 111 Å². The molecule has 0 radical (unpaired) electrons. The summed E-state index contributed by atoms with van der Waals surface area (Å²) in [4.78, 5) is 12.1. The third-order valence-electron chi connectivity index (χ3n) is 6.75. The molecule has 43 heavy (non-hydrogen) atoms. The van der Waals surface area contributed by atoms with E-state index in [0.717, 1.165) is 12.1 Å². The Hall–Kier alpha value is -5.72. The molecule has 0 aliphatic rings. The molecule has 0 aliphatic heterocycles. The lowest BCUT2D eigenvalue weighted by Crippen LogP contribution is -2.22. The molecule has 0 unspecified atom stereocenters. The Morgan fingerprint density at radius 3 is 1.56 bits per heavy atom. The normalized spacial score (nSPS) is 11.6. The van der Waals surface area contributed by atoms with Gasteiger partial charge in [0.05, 0.1) is 69.3 Å². The average molecular weight is 586 g/mol. The largest absolute Gasteiger partial charge is 0.418 e.